The van der Waals surface area contributed by atoms with Crippen molar-refractivity contribution < 1.29 is 33.5 Å². The second kappa shape index (κ2) is 6.67. The quantitative estimate of drug-likeness (QED) is 0.861. The molecule has 2 heterocycles. The van der Waals surface area contributed by atoms with Gasteiger partial charge in [-0.05, 0) is 23.8 Å². The number of ether oxygens (including phenoxy) is 6. The van der Waals surface area contributed by atoms with Crippen molar-refractivity contribution in [1.82, 2.24) is 0 Å². The van der Waals surface area contributed by atoms with Gasteiger partial charge in [-0.1, -0.05) is 6.92 Å². The molecular formula is C21H24O7. The molecule has 3 atom stereocenters. The highest BCUT2D eigenvalue weighted by Crippen LogP contribution is 2.53. The van der Waals surface area contributed by atoms with Crippen molar-refractivity contribution in [3.63, 3.8) is 0 Å². The molecule has 0 saturated heterocycles. The minimum atomic E-state index is -1.37. The minimum absolute atomic E-state index is 0.166. The summed E-state index contributed by atoms with van der Waals surface area (Å²) in [4.78, 5) is 0. The third-order valence-electron chi connectivity index (χ3n) is 5.55. The van der Waals surface area contributed by atoms with E-state index < -0.39 is 5.79 Å². The first-order chi connectivity index (χ1) is 13.4. The normalized spacial score (nSPS) is 24.9. The molecule has 0 saturated carbocycles. The maximum atomic E-state index is 10.9. The lowest BCUT2D eigenvalue weighted by Crippen LogP contribution is -2.45. The van der Waals surface area contributed by atoms with Crippen LogP contribution in [0.4, 0.5) is 0 Å². The van der Waals surface area contributed by atoms with Crippen LogP contribution in [0.25, 0.3) is 0 Å². The molecule has 2 aliphatic rings. The summed E-state index contributed by atoms with van der Waals surface area (Å²) in [6, 6.07) is 7.48. The summed E-state index contributed by atoms with van der Waals surface area (Å²) in [6.07, 6.45) is 0. The Hall–Kier alpha value is -2.80. The van der Waals surface area contributed by atoms with Crippen LogP contribution in [0.15, 0.2) is 24.3 Å². The fraction of sp³-hybridized carbons (Fsp3) is 0.429. The van der Waals surface area contributed by atoms with E-state index in [4.69, 9.17) is 28.4 Å². The Bertz CT molecular complexity index is 881. The molecule has 0 spiro atoms. The van der Waals surface area contributed by atoms with Crippen molar-refractivity contribution in [2.45, 2.75) is 25.6 Å². The summed E-state index contributed by atoms with van der Waals surface area (Å²) in [5.74, 6) is 1.63. The first-order valence-electron chi connectivity index (χ1n) is 9.04. The SMILES string of the molecule is COc1cc([C@@H]2c3cc4c(cc3O[C@@](C)(O)[C@@H]2C)OCO4)cc(OC)c1OC. The number of methoxy groups -OCH3 is 3. The van der Waals surface area contributed by atoms with Gasteiger partial charge < -0.3 is 33.5 Å². The smallest absolute Gasteiger partial charge is 0.231 e. The fourth-order valence-electron chi connectivity index (χ4n) is 3.91. The van der Waals surface area contributed by atoms with E-state index in [9.17, 15) is 5.11 Å². The maximum Gasteiger partial charge on any atom is 0.231 e. The van der Waals surface area contributed by atoms with Gasteiger partial charge in [-0.25, -0.2) is 0 Å². The summed E-state index contributed by atoms with van der Waals surface area (Å²) in [6.45, 7) is 3.77. The Balaban J connectivity index is 1.92. The second-order valence-corrected chi connectivity index (χ2v) is 7.13. The van der Waals surface area contributed by atoms with Crippen LogP contribution in [0.2, 0.25) is 0 Å². The average molecular weight is 388 g/mol. The molecule has 2 aromatic rings. The van der Waals surface area contributed by atoms with E-state index in [1.165, 1.54) is 0 Å². The fourth-order valence-corrected chi connectivity index (χ4v) is 3.91. The Morgan fingerprint density at radius 1 is 0.929 bits per heavy atom. The molecule has 0 bridgehead atoms. The third-order valence-corrected chi connectivity index (χ3v) is 5.55. The highest BCUT2D eigenvalue weighted by Gasteiger charge is 2.45. The number of rotatable bonds is 4. The van der Waals surface area contributed by atoms with Crippen LogP contribution in [0.5, 0.6) is 34.5 Å². The zero-order valence-electron chi connectivity index (χ0n) is 16.6. The monoisotopic (exact) mass is 388 g/mol. The van der Waals surface area contributed by atoms with Crippen molar-refractivity contribution in [1.29, 1.82) is 0 Å². The van der Waals surface area contributed by atoms with Gasteiger partial charge in [0.2, 0.25) is 18.3 Å². The van der Waals surface area contributed by atoms with Gasteiger partial charge >= 0.3 is 0 Å². The van der Waals surface area contributed by atoms with E-state index >= 15 is 0 Å². The van der Waals surface area contributed by atoms with Gasteiger partial charge in [-0.15, -0.1) is 0 Å². The molecule has 4 rings (SSSR count). The Morgan fingerprint density at radius 2 is 1.54 bits per heavy atom. The highest BCUT2D eigenvalue weighted by atomic mass is 16.7. The van der Waals surface area contributed by atoms with Crippen LogP contribution in [-0.4, -0.2) is 39.0 Å². The van der Waals surface area contributed by atoms with Gasteiger partial charge in [0.25, 0.3) is 0 Å². The molecule has 1 N–H and O–H groups in total. The van der Waals surface area contributed by atoms with Crippen molar-refractivity contribution in [2.75, 3.05) is 28.1 Å². The number of fused-ring (bicyclic) bond motifs is 2. The van der Waals surface area contributed by atoms with E-state index in [0.29, 0.717) is 34.5 Å². The van der Waals surface area contributed by atoms with Gasteiger partial charge in [0.05, 0.1) is 21.3 Å². The van der Waals surface area contributed by atoms with Crippen LogP contribution < -0.4 is 28.4 Å². The first-order valence-corrected chi connectivity index (χ1v) is 9.04. The Kier molecular flexibility index (Phi) is 4.42. The van der Waals surface area contributed by atoms with Gasteiger partial charge in [0, 0.05) is 30.4 Å². The lowest BCUT2D eigenvalue weighted by Gasteiger charge is -2.42. The molecule has 28 heavy (non-hydrogen) atoms. The summed E-state index contributed by atoms with van der Waals surface area (Å²) < 4.78 is 33.4. The molecule has 7 heteroatoms. The first kappa shape index (κ1) is 18.6. The van der Waals surface area contributed by atoms with Crippen molar-refractivity contribution in [3.05, 3.63) is 35.4 Å². The summed E-state index contributed by atoms with van der Waals surface area (Å²) in [5, 5.41) is 10.9. The Labute approximate surface area is 163 Å². The Morgan fingerprint density at radius 3 is 2.11 bits per heavy atom. The molecule has 150 valence electrons. The number of benzene rings is 2. The molecule has 0 amide bonds. The predicted molar refractivity (Wildman–Crippen MR) is 101 cm³/mol. The third kappa shape index (κ3) is 2.77. The molecule has 0 radical (unpaired) electrons. The number of hydrogen-bond donors (Lipinski definition) is 1. The number of hydrogen-bond acceptors (Lipinski definition) is 7. The molecule has 2 aliphatic heterocycles. The molecule has 0 unspecified atom stereocenters. The van der Waals surface area contributed by atoms with Gasteiger partial charge in [0.15, 0.2) is 23.0 Å². The number of aliphatic hydroxyl groups is 1. The van der Waals surface area contributed by atoms with E-state index in [1.54, 1.807) is 34.3 Å². The maximum absolute atomic E-state index is 10.9. The lowest BCUT2D eigenvalue weighted by atomic mass is 9.75. The van der Waals surface area contributed by atoms with Crippen LogP contribution in [0.1, 0.15) is 30.9 Å². The zero-order valence-corrected chi connectivity index (χ0v) is 16.6. The summed E-state index contributed by atoms with van der Waals surface area (Å²) in [5.41, 5.74) is 1.81. The molecule has 2 aromatic carbocycles. The van der Waals surface area contributed by atoms with E-state index in [0.717, 1.165) is 11.1 Å². The lowest BCUT2D eigenvalue weighted by molar-refractivity contribution is -0.171. The molecule has 7 nitrogen and oxygen atoms in total. The van der Waals surface area contributed by atoms with Gasteiger partial charge in [0.1, 0.15) is 5.75 Å². The van der Waals surface area contributed by atoms with E-state index in [-0.39, 0.29) is 18.6 Å². The molecule has 0 fully saturated rings. The summed E-state index contributed by atoms with van der Waals surface area (Å²) in [7, 11) is 4.73. The van der Waals surface area contributed by atoms with E-state index in [1.807, 2.05) is 25.1 Å². The second-order valence-electron chi connectivity index (χ2n) is 7.13. The topological polar surface area (TPSA) is 75.6 Å². The zero-order chi connectivity index (χ0) is 20.1. The van der Waals surface area contributed by atoms with Gasteiger partial charge in [-0.3, -0.25) is 0 Å². The molecular weight excluding hydrogens is 364 g/mol. The predicted octanol–water partition coefficient (Wildman–Crippen LogP) is 3.31. The highest BCUT2D eigenvalue weighted by molar-refractivity contribution is 5.60. The average Bonchev–Trinajstić information content (AvgIpc) is 3.13. The van der Waals surface area contributed by atoms with Crippen LogP contribution in [0, 0.1) is 5.92 Å². The molecule has 0 aromatic heterocycles. The minimum Gasteiger partial charge on any atom is -0.493 e. The van der Waals surface area contributed by atoms with Gasteiger partial charge in [-0.2, -0.15) is 0 Å². The largest absolute Gasteiger partial charge is 0.493 e. The van der Waals surface area contributed by atoms with E-state index in [2.05, 4.69) is 0 Å². The van der Waals surface area contributed by atoms with Crippen molar-refractivity contribution in [3.8, 4) is 34.5 Å². The van der Waals surface area contributed by atoms with Crippen molar-refractivity contribution in [2.24, 2.45) is 5.92 Å². The van der Waals surface area contributed by atoms with Crippen molar-refractivity contribution >= 4 is 0 Å². The molecule has 0 aliphatic carbocycles. The van der Waals surface area contributed by atoms with Crippen LogP contribution in [0.3, 0.4) is 0 Å². The van der Waals surface area contributed by atoms with Crippen LogP contribution >= 0.6 is 0 Å². The standard InChI is InChI=1S/C21H24O7/c1-11-19(12-6-17(23-3)20(25-5)18(7-12)24-4)13-8-15-16(27-10-26-15)9-14(13)28-21(11,2)22/h6-9,11,19,22H,10H2,1-5H3/t11-,19-,21-/m1/s1. The summed E-state index contributed by atoms with van der Waals surface area (Å²) >= 11 is 0. The van der Waals surface area contributed by atoms with Crippen LogP contribution in [-0.2, 0) is 0 Å².